The lowest BCUT2D eigenvalue weighted by Crippen LogP contribution is -2.70. The zero-order valence-corrected chi connectivity index (χ0v) is 38.6. The van der Waals surface area contributed by atoms with E-state index in [1.807, 2.05) is 19.2 Å². The Morgan fingerprint density at radius 2 is 1.73 bits per heavy atom. The first-order chi connectivity index (χ1) is 29.2. The van der Waals surface area contributed by atoms with E-state index in [1.54, 1.807) is 19.1 Å². The number of Topliss-reactive ketones (excluding diaryl/α,β-unsaturated/α-hetero) is 2. The summed E-state index contributed by atoms with van der Waals surface area (Å²) in [6, 6.07) is 13.6. The van der Waals surface area contributed by atoms with Crippen molar-refractivity contribution in [2.75, 3.05) is 25.9 Å². The summed E-state index contributed by atoms with van der Waals surface area (Å²) < 4.78 is 6.49. The van der Waals surface area contributed by atoms with Crippen molar-refractivity contribution in [2.45, 2.75) is 161 Å². The highest BCUT2D eigenvalue weighted by Crippen LogP contribution is 2.76. The highest BCUT2D eigenvalue weighted by Gasteiger charge is 2.72. The van der Waals surface area contributed by atoms with Crippen molar-refractivity contribution in [1.82, 2.24) is 10.6 Å². The number of aliphatic hydroxyl groups excluding tert-OH is 3. The molecule has 1 heterocycles. The maximum absolute atomic E-state index is 14.9. The number of anilines is 1. The number of benzene rings is 2. The third-order valence-electron chi connectivity index (χ3n) is 18.1. The number of hydrogen-bond donors (Lipinski definition) is 7. The maximum atomic E-state index is 14.9. The molecule has 8 rings (SSSR count). The van der Waals surface area contributed by atoms with Gasteiger partial charge in [0.05, 0.1) is 17.8 Å². The van der Waals surface area contributed by atoms with Gasteiger partial charge >= 0.3 is 0 Å². The monoisotopic (exact) mass is 854 g/mol. The number of epoxide rings is 1. The van der Waals surface area contributed by atoms with Crippen molar-refractivity contribution in [3.05, 3.63) is 70.3 Å². The number of aliphatic hydroxyl groups is 3. The maximum Gasteiger partial charge on any atom is 0.159 e. The highest BCUT2D eigenvalue weighted by molar-refractivity contribution is 6.00. The van der Waals surface area contributed by atoms with Gasteiger partial charge in [0.2, 0.25) is 0 Å². The number of nitrogen functional groups attached to an aromatic ring is 1. The summed E-state index contributed by atoms with van der Waals surface area (Å²) in [5.74, 6) is 0.455. The number of phenolic OH excluding ortho intramolecular Hbond substituents is 1. The lowest BCUT2D eigenvalue weighted by atomic mass is 9.33. The zero-order chi connectivity index (χ0) is 44.7. The van der Waals surface area contributed by atoms with Crippen LogP contribution in [0.4, 0.5) is 5.69 Å². The van der Waals surface area contributed by atoms with Gasteiger partial charge in [0.25, 0.3) is 0 Å². The van der Waals surface area contributed by atoms with Crippen molar-refractivity contribution in [3.63, 3.8) is 0 Å². The van der Waals surface area contributed by atoms with Crippen LogP contribution in [0.2, 0.25) is 0 Å². The Morgan fingerprint density at radius 3 is 2.42 bits per heavy atom. The fourth-order valence-electron chi connectivity index (χ4n) is 15.8. The first kappa shape index (κ1) is 45.4. The first-order valence-electron chi connectivity index (χ1n) is 23.8. The molecule has 6 aliphatic rings. The molecule has 1 aliphatic heterocycles. The number of rotatable bonds is 14. The standard InChI is InChI=1S/C52H75N3O7/c1-29(19-41(59)47-51(7,62-47)38-14-10-13-36(38)32-11-9-12-34(53)22-32)44-39-15-16-43-49(5)24-37(33-20-31(28-54-8)21-35(58)23-33)46(61)48(3,4)45(49)40(55-27-30(2)57)25-52(43,17-18-56)50(39,6)26-42(44)60/h9,11-12,20-23,29-30,36-38,40-41,43,45,47,54-59H,10,13-19,24-28,53H2,1-8H3/t29-,30+,36-,37-,38+,40+,41-,43-,45+,47-,49+,50+,51-,52+/m1/s1. The molecule has 5 aliphatic carbocycles. The van der Waals surface area contributed by atoms with E-state index in [4.69, 9.17) is 10.5 Å². The third-order valence-corrected chi connectivity index (χ3v) is 18.1. The van der Waals surface area contributed by atoms with E-state index in [9.17, 15) is 30.0 Å². The Hall–Kier alpha value is -3.12. The number of carbonyl (C=O) groups excluding carboxylic acids is 2. The minimum atomic E-state index is -0.751. The van der Waals surface area contributed by atoms with Crippen LogP contribution in [0.15, 0.2) is 53.6 Å². The van der Waals surface area contributed by atoms with Crippen molar-refractivity contribution in [2.24, 2.45) is 45.3 Å². The minimum Gasteiger partial charge on any atom is -0.508 e. The van der Waals surface area contributed by atoms with Gasteiger partial charge < -0.3 is 41.5 Å². The number of ketones is 2. The summed E-state index contributed by atoms with van der Waals surface area (Å²) in [4.78, 5) is 29.7. The number of aromatic hydroxyl groups is 1. The number of carbonyl (C=O) groups is 2. The molecule has 5 fully saturated rings. The van der Waals surface area contributed by atoms with Gasteiger partial charge in [-0.05, 0) is 159 Å². The van der Waals surface area contributed by atoms with Gasteiger partial charge in [-0.3, -0.25) is 9.59 Å². The molecule has 1 saturated heterocycles. The third kappa shape index (κ3) is 7.22. The van der Waals surface area contributed by atoms with Crippen LogP contribution in [0, 0.1) is 45.3 Å². The first-order valence-corrected chi connectivity index (χ1v) is 23.8. The molecule has 14 atom stereocenters. The van der Waals surface area contributed by atoms with E-state index in [0.29, 0.717) is 51.1 Å². The second kappa shape index (κ2) is 16.4. The van der Waals surface area contributed by atoms with E-state index in [0.717, 1.165) is 54.5 Å². The predicted octanol–water partition coefficient (Wildman–Crippen LogP) is 7.32. The normalized spacial score (nSPS) is 38.9. The largest absolute Gasteiger partial charge is 0.508 e. The average Bonchev–Trinajstić information content (AvgIpc) is 3.50. The van der Waals surface area contributed by atoms with Gasteiger partial charge in [-0.15, -0.1) is 0 Å². The minimum absolute atomic E-state index is 0.0257. The fourth-order valence-corrected chi connectivity index (χ4v) is 15.8. The summed E-state index contributed by atoms with van der Waals surface area (Å²) in [6.45, 7) is 15.8. The topological polar surface area (TPSA) is 178 Å². The molecule has 0 spiro atoms. The molecule has 0 bridgehead atoms. The second-order valence-corrected chi connectivity index (χ2v) is 22.1. The van der Waals surface area contributed by atoms with Crippen LogP contribution in [0.5, 0.6) is 5.75 Å². The van der Waals surface area contributed by atoms with Crippen LogP contribution in [-0.4, -0.2) is 82.1 Å². The van der Waals surface area contributed by atoms with Crippen LogP contribution >= 0.6 is 0 Å². The van der Waals surface area contributed by atoms with Crippen LogP contribution < -0.4 is 16.4 Å². The molecular formula is C52H75N3O7. The van der Waals surface area contributed by atoms with Gasteiger partial charge in [-0.2, -0.15) is 0 Å². The van der Waals surface area contributed by atoms with Gasteiger partial charge in [0.1, 0.15) is 17.6 Å². The summed E-state index contributed by atoms with van der Waals surface area (Å²) in [6.07, 6.45) is 5.75. The number of fused-ring (bicyclic) bond motifs is 5. The number of ether oxygens (including phenoxy) is 1. The molecule has 10 nitrogen and oxygen atoms in total. The summed E-state index contributed by atoms with van der Waals surface area (Å²) in [7, 11) is 1.87. The second-order valence-electron chi connectivity index (χ2n) is 22.1. The lowest BCUT2D eigenvalue weighted by Gasteiger charge is -2.71. The molecule has 0 unspecified atom stereocenters. The van der Waals surface area contributed by atoms with E-state index < -0.39 is 45.4 Å². The molecule has 8 N–H and O–H groups in total. The molecule has 10 heteroatoms. The molecule has 0 aromatic heterocycles. The SMILES string of the molecule is CNCc1cc(O)cc([C@H]2C[C@@]3(C)[C@H]4CCC5=C([C@H](C)C[C@@H](O)[C@H]6O[C@]6(C)[C@H]6CCC[C@@H]6c6cccc(N)c6)C(=O)C[C@]5(C)[C@@]4(CCO)C[C@H](NC[C@H](C)O)[C@H]3C(C)(C)C2=O)c1. The van der Waals surface area contributed by atoms with Crippen LogP contribution in [0.3, 0.4) is 0 Å². The average molecular weight is 854 g/mol. The van der Waals surface area contributed by atoms with Gasteiger partial charge in [0.15, 0.2) is 5.78 Å². The molecule has 340 valence electrons. The van der Waals surface area contributed by atoms with Gasteiger partial charge in [-0.25, -0.2) is 0 Å². The molecule has 0 amide bonds. The van der Waals surface area contributed by atoms with E-state index in [2.05, 4.69) is 70.4 Å². The number of phenols is 1. The molecule has 4 saturated carbocycles. The van der Waals surface area contributed by atoms with E-state index in [-0.39, 0.29) is 59.7 Å². The molecule has 0 radical (unpaired) electrons. The zero-order valence-electron chi connectivity index (χ0n) is 38.6. The number of nitrogens with one attached hydrogen (secondary N) is 2. The Balaban J connectivity index is 1.13. The van der Waals surface area contributed by atoms with Crippen LogP contribution in [0.1, 0.15) is 141 Å². The Labute approximate surface area is 369 Å². The van der Waals surface area contributed by atoms with Crippen LogP contribution in [-0.2, 0) is 20.9 Å². The Kier molecular flexibility index (Phi) is 12.0. The smallest absolute Gasteiger partial charge is 0.159 e. The molecule has 2 aromatic carbocycles. The Bertz CT molecular complexity index is 2080. The predicted molar refractivity (Wildman–Crippen MR) is 242 cm³/mol. The number of nitrogens with two attached hydrogens (primary N) is 1. The van der Waals surface area contributed by atoms with Crippen LogP contribution in [0.25, 0.3) is 0 Å². The van der Waals surface area contributed by atoms with E-state index in [1.165, 1.54) is 11.1 Å². The quantitative estimate of drug-likeness (QED) is 0.0753. The fraction of sp³-hybridized carbons (Fsp3) is 0.692. The lowest BCUT2D eigenvalue weighted by molar-refractivity contribution is -0.203. The Morgan fingerprint density at radius 1 is 0.968 bits per heavy atom. The molecular weight excluding hydrogens is 779 g/mol. The number of allylic oxidation sites excluding steroid dienone is 2. The number of hydrogen-bond acceptors (Lipinski definition) is 10. The van der Waals surface area contributed by atoms with E-state index >= 15 is 0 Å². The van der Waals surface area contributed by atoms with Crippen molar-refractivity contribution in [3.8, 4) is 5.75 Å². The highest BCUT2D eigenvalue weighted by atomic mass is 16.6. The molecule has 62 heavy (non-hydrogen) atoms. The summed E-state index contributed by atoms with van der Waals surface area (Å²) >= 11 is 0. The van der Waals surface area contributed by atoms with Crippen molar-refractivity contribution < 1.29 is 34.8 Å². The van der Waals surface area contributed by atoms with Crippen molar-refractivity contribution >= 4 is 17.3 Å². The summed E-state index contributed by atoms with van der Waals surface area (Å²) in [5, 5.41) is 51.6. The van der Waals surface area contributed by atoms with Gasteiger partial charge in [0, 0.05) is 54.6 Å². The molecule has 2 aromatic rings. The van der Waals surface area contributed by atoms with Gasteiger partial charge in [-0.1, -0.05) is 64.8 Å². The van der Waals surface area contributed by atoms with Crippen molar-refractivity contribution in [1.29, 1.82) is 0 Å². The summed E-state index contributed by atoms with van der Waals surface area (Å²) in [5.41, 5.74) is 9.37.